The molecule has 0 rings (SSSR count). The minimum Gasteiger partial charge on any atom is -0.670 e. The monoisotopic (exact) mass is 105 g/mol. The van der Waals surface area contributed by atoms with E-state index in [4.69, 9.17) is 5.73 Å². The van der Waals surface area contributed by atoms with Crippen LogP contribution in [0.3, 0.4) is 0 Å². The summed E-state index contributed by atoms with van der Waals surface area (Å²) in [5.74, 6) is 0. The van der Waals surface area contributed by atoms with E-state index in [1.807, 2.05) is 0 Å². The summed E-state index contributed by atoms with van der Waals surface area (Å²) in [5, 5.41) is 0. The van der Waals surface area contributed by atoms with Crippen molar-refractivity contribution < 1.29 is 32.0 Å². The average molecular weight is 105 g/mol. The number of nitrogens with one attached hydrogen (secondary N) is 1. The molecule has 0 heterocycles. The maximum absolute atomic E-state index is 10.6. The Bertz CT molecular complexity index is 42.7. The predicted octanol–water partition coefficient (Wildman–Crippen LogP) is -1.40. The van der Waals surface area contributed by atoms with Gasteiger partial charge in [-0.05, 0) is 0 Å². The molecule has 0 fully saturated rings. The van der Waals surface area contributed by atoms with Gasteiger partial charge in [-0.3, -0.25) is 0 Å². The molecule has 0 aliphatic heterocycles. The molecule has 38 valence electrons. The smallest absolute Gasteiger partial charge is 0.670 e. The van der Waals surface area contributed by atoms with Crippen LogP contribution in [0.5, 0.6) is 0 Å². The Labute approximate surface area is 51.2 Å². The second kappa shape index (κ2) is 3.36. The SMILES string of the molecule is [Li+].[NH-]CC(F)(F)F. The molecule has 0 aromatic rings. The predicted molar refractivity (Wildman–Crippen MR) is 15.2 cm³/mol. The third-order valence-electron chi connectivity index (χ3n) is 0.200. The summed E-state index contributed by atoms with van der Waals surface area (Å²) >= 11 is 0. The van der Waals surface area contributed by atoms with E-state index in [0.29, 0.717) is 0 Å². The topological polar surface area (TPSA) is 23.8 Å². The van der Waals surface area contributed by atoms with Crippen LogP contribution in [0.2, 0.25) is 0 Å². The van der Waals surface area contributed by atoms with Crippen molar-refractivity contribution in [2.45, 2.75) is 6.18 Å². The molecule has 0 unspecified atom stereocenters. The fourth-order valence-electron chi connectivity index (χ4n) is 0. The van der Waals surface area contributed by atoms with Gasteiger partial charge in [0.25, 0.3) is 0 Å². The molecule has 5 heteroatoms. The maximum atomic E-state index is 10.6. The molecular formula is C2H3F3LiN. The maximum Gasteiger partial charge on any atom is 1.00 e. The number of halogens is 3. The van der Waals surface area contributed by atoms with E-state index in [9.17, 15) is 13.2 Å². The molecule has 0 atom stereocenters. The van der Waals surface area contributed by atoms with Crippen LogP contribution >= 0.6 is 0 Å². The Balaban J connectivity index is 0. The molecule has 0 aliphatic carbocycles. The molecule has 1 nitrogen and oxygen atoms in total. The third kappa shape index (κ3) is 10.7. The fraction of sp³-hybridized carbons (Fsp3) is 1.00. The van der Waals surface area contributed by atoms with Gasteiger partial charge in [-0.25, -0.2) is 0 Å². The van der Waals surface area contributed by atoms with Crippen LogP contribution in [0.4, 0.5) is 13.2 Å². The van der Waals surface area contributed by atoms with Gasteiger partial charge < -0.3 is 5.73 Å². The number of alkyl halides is 3. The Morgan fingerprint density at radius 3 is 1.43 bits per heavy atom. The van der Waals surface area contributed by atoms with E-state index in [1.54, 1.807) is 0 Å². The second-order valence-corrected chi connectivity index (χ2v) is 0.792. The van der Waals surface area contributed by atoms with Crippen molar-refractivity contribution in [3.63, 3.8) is 0 Å². The summed E-state index contributed by atoms with van der Waals surface area (Å²) < 4.78 is 31.8. The van der Waals surface area contributed by atoms with Gasteiger partial charge in [0.2, 0.25) is 0 Å². The van der Waals surface area contributed by atoms with Crippen molar-refractivity contribution in [3.05, 3.63) is 5.73 Å². The molecule has 1 N–H and O–H groups in total. The second-order valence-electron chi connectivity index (χ2n) is 0.792. The molecule has 0 aliphatic rings. The normalized spacial score (nSPS) is 10.3. The van der Waals surface area contributed by atoms with Gasteiger partial charge in [0.05, 0.1) is 0 Å². The minimum absolute atomic E-state index is 0. The zero-order valence-corrected chi connectivity index (χ0v) is 3.84. The van der Waals surface area contributed by atoms with Crippen LogP contribution in [-0.4, -0.2) is 12.7 Å². The van der Waals surface area contributed by atoms with Crippen molar-refractivity contribution in [3.8, 4) is 0 Å². The van der Waals surface area contributed by atoms with Gasteiger partial charge >= 0.3 is 25.0 Å². The molecule has 0 amide bonds. The van der Waals surface area contributed by atoms with Gasteiger partial charge in [-0.2, -0.15) is 13.2 Å². The van der Waals surface area contributed by atoms with Crippen LogP contribution in [0, 0.1) is 0 Å². The van der Waals surface area contributed by atoms with Crippen molar-refractivity contribution >= 4 is 0 Å². The molecular weight excluding hydrogens is 102 g/mol. The van der Waals surface area contributed by atoms with E-state index in [-0.39, 0.29) is 18.9 Å². The molecule has 0 saturated heterocycles. The molecule has 0 radical (unpaired) electrons. The van der Waals surface area contributed by atoms with Crippen LogP contribution in [-0.2, 0) is 0 Å². The van der Waals surface area contributed by atoms with Gasteiger partial charge in [0, 0.05) is 0 Å². The molecule has 0 aromatic carbocycles. The largest absolute Gasteiger partial charge is 1.00 e. The first kappa shape index (κ1) is 10.4. The van der Waals surface area contributed by atoms with Crippen LogP contribution in [0.25, 0.3) is 5.73 Å². The standard InChI is InChI=1S/C2H3F3N.Li/c3-2(4,5)1-6;/h6H,1H2;/q-1;+1. The van der Waals surface area contributed by atoms with Crippen molar-refractivity contribution in [1.82, 2.24) is 0 Å². The zero-order valence-electron chi connectivity index (χ0n) is 3.84. The van der Waals surface area contributed by atoms with Gasteiger partial charge in [0.15, 0.2) is 0 Å². The Hall–Kier alpha value is 0.347. The Morgan fingerprint density at radius 1 is 1.29 bits per heavy atom. The molecule has 7 heavy (non-hydrogen) atoms. The van der Waals surface area contributed by atoms with Crippen molar-refractivity contribution in [2.75, 3.05) is 6.54 Å². The van der Waals surface area contributed by atoms with Crippen LogP contribution in [0.1, 0.15) is 0 Å². The fourth-order valence-corrected chi connectivity index (χ4v) is 0. The summed E-state index contributed by atoms with van der Waals surface area (Å²) in [7, 11) is 0. The van der Waals surface area contributed by atoms with Gasteiger partial charge in [-0.15, -0.1) is 0 Å². The Kier molecular flexibility index (Phi) is 4.97. The summed E-state index contributed by atoms with van der Waals surface area (Å²) in [6.07, 6.45) is -4.29. The molecule has 0 bridgehead atoms. The third-order valence-corrected chi connectivity index (χ3v) is 0.200. The minimum atomic E-state index is -4.29. The number of hydrogen-bond acceptors (Lipinski definition) is 0. The van der Waals surface area contributed by atoms with Crippen LogP contribution in [0.15, 0.2) is 0 Å². The first-order valence-corrected chi connectivity index (χ1v) is 1.27. The van der Waals surface area contributed by atoms with E-state index < -0.39 is 12.7 Å². The van der Waals surface area contributed by atoms with E-state index in [0.717, 1.165) is 0 Å². The van der Waals surface area contributed by atoms with Crippen molar-refractivity contribution in [1.29, 1.82) is 0 Å². The quantitative estimate of drug-likeness (QED) is 0.338. The first-order chi connectivity index (χ1) is 2.56. The summed E-state index contributed by atoms with van der Waals surface area (Å²) in [6.45, 7) is -1.48. The summed E-state index contributed by atoms with van der Waals surface area (Å²) in [4.78, 5) is 0. The molecule has 0 spiro atoms. The summed E-state index contributed by atoms with van der Waals surface area (Å²) in [5.41, 5.74) is 5.73. The van der Waals surface area contributed by atoms with E-state index in [2.05, 4.69) is 0 Å². The Morgan fingerprint density at radius 2 is 1.43 bits per heavy atom. The van der Waals surface area contributed by atoms with Crippen LogP contribution < -0.4 is 18.9 Å². The zero-order chi connectivity index (χ0) is 5.21. The molecule has 0 aromatic heterocycles. The number of rotatable bonds is 0. The summed E-state index contributed by atoms with van der Waals surface area (Å²) in [6, 6.07) is 0. The average Bonchev–Trinajstić information content (AvgIpc) is 1.35. The van der Waals surface area contributed by atoms with E-state index in [1.165, 1.54) is 0 Å². The van der Waals surface area contributed by atoms with Crippen molar-refractivity contribution in [2.24, 2.45) is 0 Å². The first-order valence-electron chi connectivity index (χ1n) is 1.27. The molecule has 0 saturated carbocycles. The van der Waals surface area contributed by atoms with E-state index >= 15 is 0 Å². The van der Waals surface area contributed by atoms with Gasteiger partial charge in [-0.1, -0.05) is 6.54 Å². The van der Waals surface area contributed by atoms with Gasteiger partial charge in [0.1, 0.15) is 0 Å². The number of hydrogen-bond donors (Lipinski definition) is 0.